The Kier molecular flexibility index (Phi) is 5.66. The summed E-state index contributed by atoms with van der Waals surface area (Å²) >= 11 is 6.32. The Morgan fingerprint density at radius 2 is 2.11 bits per heavy atom. The molecular formula is C18H20ClF2N5O2. The number of nitrogen functional groups attached to an aromatic ring is 1. The van der Waals surface area contributed by atoms with Gasteiger partial charge in [0.25, 0.3) is 5.91 Å². The molecule has 1 amide bonds. The predicted octanol–water partition coefficient (Wildman–Crippen LogP) is 2.57. The smallest absolute Gasteiger partial charge is 0.349 e. The number of amides is 1. The van der Waals surface area contributed by atoms with E-state index in [-0.39, 0.29) is 23.6 Å². The van der Waals surface area contributed by atoms with E-state index in [2.05, 4.69) is 9.97 Å². The third kappa shape index (κ3) is 4.00. The molecule has 1 saturated heterocycles. The van der Waals surface area contributed by atoms with Crippen LogP contribution in [-0.2, 0) is 15.5 Å². The number of hydrogen-bond acceptors (Lipinski definition) is 6. The minimum atomic E-state index is -3.81. The van der Waals surface area contributed by atoms with Gasteiger partial charge in [0.05, 0.1) is 12.6 Å². The molecule has 1 fully saturated rings. The van der Waals surface area contributed by atoms with Gasteiger partial charge in [0.1, 0.15) is 5.82 Å². The Hall–Kier alpha value is -2.52. The Bertz CT molecular complexity index is 876. The number of anilines is 2. The van der Waals surface area contributed by atoms with E-state index in [0.717, 1.165) is 18.6 Å². The summed E-state index contributed by atoms with van der Waals surface area (Å²) in [6.07, 6.45) is 0.745. The largest absolute Gasteiger partial charge is 0.379 e. The second-order valence-corrected chi connectivity index (χ2v) is 6.95. The quantitative estimate of drug-likeness (QED) is 0.800. The van der Waals surface area contributed by atoms with Crippen LogP contribution in [-0.4, -0.2) is 35.6 Å². The fraction of sp³-hybridized carbons (Fsp3) is 0.389. The van der Waals surface area contributed by atoms with Gasteiger partial charge in [-0.05, 0) is 25.0 Å². The maximum atomic E-state index is 13.9. The summed E-state index contributed by atoms with van der Waals surface area (Å²) in [4.78, 5) is 21.4. The fourth-order valence-corrected chi connectivity index (χ4v) is 3.47. The van der Waals surface area contributed by atoms with Crippen LogP contribution >= 0.6 is 11.6 Å². The number of aryl methyl sites for hydroxylation is 1. The summed E-state index contributed by atoms with van der Waals surface area (Å²) < 4.78 is 33.5. The van der Waals surface area contributed by atoms with Crippen molar-refractivity contribution >= 4 is 29.3 Å². The minimum Gasteiger partial charge on any atom is -0.379 e. The fourth-order valence-electron chi connectivity index (χ4n) is 3.17. The van der Waals surface area contributed by atoms with Crippen LogP contribution in [0.3, 0.4) is 0 Å². The number of aromatic nitrogens is 2. The first-order valence-electron chi connectivity index (χ1n) is 8.63. The molecule has 0 bridgehead atoms. The summed E-state index contributed by atoms with van der Waals surface area (Å²) in [6.45, 7) is 3.24. The zero-order valence-electron chi connectivity index (χ0n) is 15.2. The van der Waals surface area contributed by atoms with Crippen molar-refractivity contribution in [2.75, 3.05) is 30.4 Å². The van der Waals surface area contributed by atoms with Crippen molar-refractivity contribution in [3.05, 3.63) is 46.1 Å². The van der Waals surface area contributed by atoms with Gasteiger partial charge in [-0.25, -0.2) is 4.98 Å². The highest BCUT2D eigenvalue weighted by Gasteiger charge is 2.39. The molecule has 1 atom stereocenters. The molecule has 0 saturated carbocycles. The Morgan fingerprint density at radius 3 is 2.75 bits per heavy atom. The number of halogens is 3. The molecule has 1 aromatic heterocycles. The zero-order valence-corrected chi connectivity index (χ0v) is 15.9. The van der Waals surface area contributed by atoms with E-state index in [0.29, 0.717) is 30.2 Å². The number of benzene rings is 1. The number of ether oxygens (including phenoxy) is 1. The van der Waals surface area contributed by atoms with Crippen molar-refractivity contribution in [2.24, 2.45) is 5.73 Å². The van der Waals surface area contributed by atoms with Crippen LogP contribution in [0, 0.1) is 6.92 Å². The second kappa shape index (κ2) is 7.84. The molecule has 3 rings (SSSR count). The van der Waals surface area contributed by atoms with Gasteiger partial charge in [-0.15, -0.1) is 0 Å². The Balaban J connectivity index is 2.02. The van der Waals surface area contributed by atoms with Crippen molar-refractivity contribution in [3.8, 4) is 0 Å². The highest BCUT2D eigenvalue weighted by molar-refractivity contribution is 6.31. The molecule has 0 aliphatic carbocycles. The molecule has 0 spiro atoms. The molecule has 10 heteroatoms. The number of alkyl halides is 2. The van der Waals surface area contributed by atoms with Crippen molar-refractivity contribution in [2.45, 2.75) is 25.3 Å². The standard InChI is InChI=1S/C18H20ClF2N5O2/c1-10-7-15(25-17(23)24-10)26-5-2-6-28-9-14(26)12-4-3-11(8-13(12)19)18(20,21)16(22)27/h3-4,7-8,14H,2,5-6,9H2,1H3,(H2,22,27)(H2,23,24,25). The lowest BCUT2D eigenvalue weighted by Crippen LogP contribution is -2.34. The Labute approximate surface area is 165 Å². The summed E-state index contributed by atoms with van der Waals surface area (Å²) in [5, 5.41) is 0.0812. The second-order valence-electron chi connectivity index (χ2n) is 6.54. The molecular weight excluding hydrogens is 392 g/mol. The van der Waals surface area contributed by atoms with E-state index in [1.165, 1.54) is 6.07 Å². The normalized spacial score (nSPS) is 18.0. The minimum absolute atomic E-state index is 0.0812. The molecule has 1 aliphatic rings. The summed E-state index contributed by atoms with van der Waals surface area (Å²) in [5.41, 5.74) is 11.3. The van der Waals surface area contributed by atoms with Crippen LogP contribution in [0.15, 0.2) is 24.3 Å². The van der Waals surface area contributed by atoms with Gasteiger partial charge in [-0.1, -0.05) is 23.7 Å². The highest BCUT2D eigenvalue weighted by atomic mass is 35.5. The van der Waals surface area contributed by atoms with Crippen LogP contribution in [0.4, 0.5) is 20.5 Å². The number of hydrogen-bond donors (Lipinski definition) is 2. The van der Waals surface area contributed by atoms with Gasteiger partial charge in [0.2, 0.25) is 5.95 Å². The van der Waals surface area contributed by atoms with Gasteiger partial charge >= 0.3 is 5.92 Å². The molecule has 2 aromatic rings. The number of carbonyl (C=O) groups is 1. The SMILES string of the molecule is Cc1cc(N2CCCOCC2c2ccc(C(F)(F)C(N)=O)cc2Cl)nc(N)n1. The number of nitrogens with two attached hydrogens (primary N) is 2. The van der Waals surface area contributed by atoms with Crippen molar-refractivity contribution in [3.63, 3.8) is 0 Å². The van der Waals surface area contributed by atoms with Crippen LogP contribution in [0.5, 0.6) is 0 Å². The molecule has 4 N–H and O–H groups in total. The van der Waals surface area contributed by atoms with E-state index in [1.807, 2.05) is 4.90 Å². The molecule has 2 heterocycles. The topological polar surface area (TPSA) is 107 Å². The average molecular weight is 412 g/mol. The number of primary amides is 1. The molecule has 7 nitrogen and oxygen atoms in total. The summed E-state index contributed by atoms with van der Waals surface area (Å²) in [5.74, 6) is -4.80. The third-order valence-electron chi connectivity index (χ3n) is 4.52. The zero-order chi connectivity index (χ0) is 20.5. The molecule has 28 heavy (non-hydrogen) atoms. The maximum absolute atomic E-state index is 13.9. The lowest BCUT2D eigenvalue weighted by Gasteiger charge is -2.31. The van der Waals surface area contributed by atoms with Gasteiger partial charge in [-0.3, -0.25) is 4.79 Å². The predicted molar refractivity (Wildman–Crippen MR) is 101 cm³/mol. The number of nitrogens with zero attached hydrogens (tertiary/aromatic N) is 3. The lowest BCUT2D eigenvalue weighted by molar-refractivity contribution is -0.143. The van der Waals surface area contributed by atoms with Crippen molar-refractivity contribution < 1.29 is 18.3 Å². The summed E-state index contributed by atoms with van der Waals surface area (Å²) in [6, 6.07) is 5.08. The van der Waals surface area contributed by atoms with Crippen LogP contribution in [0.1, 0.15) is 29.3 Å². The van der Waals surface area contributed by atoms with Crippen molar-refractivity contribution in [1.29, 1.82) is 0 Å². The average Bonchev–Trinajstić information content (AvgIpc) is 2.86. The van der Waals surface area contributed by atoms with Crippen LogP contribution in [0.25, 0.3) is 0 Å². The molecule has 1 aromatic carbocycles. The van der Waals surface area contributed by atoms with Crippen LogP contribution < -0.4 is 16.4 Å². The molecule has 1 aliphatic heterocycles. The van der Waals surface area contributed by atoms with E-state index in [9.17, 15) is 13.6 Å². The van der Waals surface area contributed by atoms with Crippen LogP contribution in [0.2, 0.25) is 5.02 Å². The summed E-state index contributed by atoms with van der Waals surface area (Å²) in [7, 11) is 0. The van der Waals surface area contributed by atoms with Crippen molar-refractivity contribution in [1.82, 2.24) is 9.97 Å². The van der Waals surface area contributed by atoms with Gasteiger partial charge in [-0.2, -0.15) is 13.8 Å². The van der Waals surface area contributed by atoms with E-state index >= 15 is 0 Å². The third-order valence-corrected chi connectivity index (χ3v) is 4.85. The number of rotatable bonds is 4. The number of carbonyl (C=O) groups excluding carboxylic acids is 1. The molecule has 0 radical (unpaired) electrons. The highest BCUT2D eigenvalue weighted by Crippen LogP contribution is 2.36. The van der Waals surface area contributed by atoms with E-state index < -0.39 is 17.4 Å². The first kappa shape index (κ1) is 20.2. The molecule has 1 unspecified atom stereocenters. The monoisotopic (exact) mass is 411 g/mol. The maximum Gasteiger partial charge on any atom is 0.349 e. The van der Waals surface area contributed by atoms with E-state index in [4.69, 9.17) is 27.8 Å². The van der Waals surface area contributed by atoms with Gasteiger partial charge in [0.15, 0.2) is 0 Å². The van der Waals surface area contributed by atoms with Gasteiger partial charge in [0, 0.05) is 35.5 Å². The molecule has 150 valence electrons. The lowest BCUT2D eigenvalue weighted by atomic mass is 10.0. The van der Waals surface area contributed by atoms with E-state index in [1.54, 1.807) is 13.0 Å². The Morgan fingerprint density at radius 1 is 1.36 bits per heavy atom. The first-order chi connectivity index (χ1) is 13.2. The first-order valence-corrected chi connectivity index (χ1v) is 9.01. The van der Waals surface area contributed by atoms with Gasteiger partial charge < -0.3 is 21.1 Å².